The molecule has 0 aliphatic carbocycles. The van der Waals surface area contributed by atoms with Crippen LogP contribution in [0.5, 0.6) is 0 Å². The summed E-state index contributed by atoms with van der Waals surface area (Å²) in [5, 5.41) is 10.2. The Bertz CT molecular complexity index is 294. The van der Waals surface area contributed by atoms with Gasteiger partial charge in [0.05, 0.1) is 19.3 Å². The molecule has 0 heterocycles. The lowest BCUT2D eigenvalue weighted by molar-refractivity contribution is -0.141. The van der Waals surface area contributed by atoms with Crippen LogP contribution < -0.4 is 0 Å². The van der Waals surface area contributed by atoms with Crippen LogP contribution >= 0.6 is 0 Å². The van der Waals surface area contributed by atoms with Gasteiger partial charge in [-0.2, -0.15) is 0 Å². The molecule has 0 fully saturated rings. The molecule has 132 valence electrons. The average molecular weight is 333 g/mol. The molecule has 0 radical (unpaired) electrons. The molecule has 0 unspecified atom stereocenters. The summed E-state index contributed by atoms with van der Waals surface area (Å²) in [5.41, 5.74) is 1.59. The van der Waals surface area contributed by atoms with Crippen molar-refractivity contribution in [1.82, 2.24) is 0 Å². The number of aliphatic hydroxyl groups is 1. The van der Waals surface area contributed by atoms with Gasteiger partial charge in [0.1, 0.15) is 0 Å². The molecule has 0 spiro atoms. The number of esters is 1. The molecule has 0 amide bonds. The fourth-order valence-electron chi connectivity index (χ4n) is 3.52. The minimum atomic E-state index is -1.89. The molecule has 22 heavy (non-hydrogen) atoms. The molecule has 1 N–H and O–H groups in total. The van der Waals surface area contributed by atoms with Crippen LogP contribution in [0.15, 0.2) is 0 Å². The fraction of sp³-hybridized carbons (Fsp3) is 0.941. The Hall–Kier alpha value is -0.393. The van der Waals surface area contributed by atoms with Crippen LogP contribution in [-0.4, -0.2) is 38.7 Å². The standard InChI is InChI=1S/C17H36O4Si/c1-13(2)22(14(3)4,15(5)6)21-12-17(19)10-8-9-11-20-16(7)18/h13-15,17,19H,8-12H2,1-7H3/t17-/m0/s1. The van der Waals surface area contributed by atoms with Crippen LogP contribution in [0.1, 0.15) is 67.7 Å². The van der Waals surface area contributed by atoms with Crippen molar-refractivity contribution in [2.24, 2.45) is 0 Å². The van der Waals surface area contributed by atoms with Crippen molar-refractivity contribution < 1.29 is 19.1 Å². The van der Waals surface area contributed by atoms with Gasteiger partial charge in [0.25, 0.3) is 0 Å². The first-order valence-corrected chi connectivity index (χ1v) is 10.7. The third kappa shape index (κ3) is 6.80. The molecular weight excluding hydrogens is 296 g/mol. The molecule has 5 heteroatoms. The number of unbranched alkanes of at least 4 members (excludes halogenated alkanes) is 1. The zero-order chi connectivity index (χ0) is 17.3. The minimum Gasteiger partial charge on any atom is -0.466 e. The van der Waals surface area contributed by atoms with Crippen molar-refractivity contribution in [2.75, 3.05) is 13.2 Å². The number of hydrogen-bond acceptors (Lipinski definition) is 4. The van der Waals surface area contributed by atoms with Crippen molar-refractivity contribution in [3.8, 4) is 0 Å². The van der Waals surface area contributed by atoms with Crippen LogP contribution in [0.25, 0.3) is 0 Å². The Morgan fingerprint density at radius 2 is 1.50 bits per heavy atom. The molecule has 0 aromatic heterocycles. The lowest BCUT2D eigenvalue weighted by Gasteiger charge is -2.42. The van der Waals surface area contributed by atoms with Gasteiger partial charge in [-0.25, -0.2) is 0 Å². The zero-order valence-corrected chi connectivity index (χ0v) is 16.5. The zero-order valence-electron chi connectivity index (χ0n) is 15.5. The maximum atomic E-state index is 10.7. The fourth-order valence-corrected chi connectivity index (χ4v) is 9.00. The van der Waals surface area contributed by atoms with Gasteiger partial charge in [0, 0.05) is 6.92 Å². The maximum Gasteiger partial charge on any atom is 0.302 e. The highest BCUT2D eigenvalue weighted by atomic mass is 28.4. The maximum absolute atomic E-state index is 10.7. The summed E-state index contributed by atoms with van der Waals surface area (Å²) in [6.07, 6.45) is 1.90. The summed E-state index contributed by atoms with van der Waals surface area (Å²) >= 11 is 0. The summed E-state index contributed by atoms with van der Waals surface area (Å²) in [5.74, 6) is -0.245. The predicted molar refractivity (Wildman–Crippen MR) is 93.5 cm³/mol. The van der Waals surface area contributed by atoms with Gasteiger partial charge < -0.3 is 14.3 Å². The normalized spacial score (nSPS) is 14.0. The topological polar surface area (TPSA) is 55.8 Å². The molecule has 0 aliphatic rings. The summed E-state index contributed by atoms with van der Waals surface area (Å²) in [6, 6.07) is 0. The highest BCUT2D eigenvalue weighted by Gasteiger charge is 2.45. The molecule has 0 aromatic rings. The molecule has 0 saturated carbocycles. The van der Waals surface area contributed by atoms with Gasteiger partial charge in [-0.3, -0.25) is 4.79 Å². The Labute approximate surface area is 137 Å². The quantitative estimate of drug-likeness (QED) is 0.349. The smallest absolute Gasteiger partial charge is 0.302 e. The van der Waals surface area contributed by atoms with Crippen molar-refractivity contribution in [3.63, 3.8) is 0 Å². The molecular formula is C17H36O4Si. The molecule has 0 rings (SSSR count). The lowest BCUT2D eigenvalue weighted by atomic mass is 10.2. The van der Waals surface area contributed by atoms with E-state index in [9.17, 15) is 9.90 Å². The van der Waals surface area contributed by atoms with E-state index in [2.05, 4.69) is 41.5 Å². The number of rotatable bonds is 11. The highest BCUT2D eigenvalue weighted by Crippen LogP contribution is 2.42. The van der Waals surface area contributed by atoms with Crippen molar-refractivity contribution >= 4 is 14.3 Å². The first-order chi connectivity index (χ1) is 10.1. The first kappa shape index (κ1) is 21.6. The van der Waals surface area contributed by atoms with E-state index in [4.69, 9.17) is 9.16 Å². The van der Waals surface area contributed by atoms with E-state index in [0.717, 1.165) is 12.8 Å². The second-order valence-corrected chi connectivity index (χ2v) is 12.6. The number of ether oxygens (including phenoxy) is 1. The Morgan fingerprint density at radius 1 is 1.00 bits per heavy atom. The van der Waals surface area contributed by atoms with Crippen LogP contribution in [0.3, 0.4) is 0 Å². The van der Waals surface area contributed by atoms with Gasteiger partial charge in [-0.05, 0) is 35.9 Å². The molecule has 4 nitrogen and oxygen atoms in total. The summed E-state index contributed by atoms with van der Waals surface area (Å²) in [4.78, 5) is 10.7. The molecule has 0 saturated heterocycles. The van der Waals surface area contributed by atoms with Crippen LogP contribution in [0.4, 0.5) is 0 Å². The summed E-state index contributed by atoms with van der Waals surface area (Å²) < 4.78 is 11.3. The second-order valence-electron chi connectivity index (χ2n) is 7.12. The Morgan fingerprint density at radius 3 is 1.91 bits per heavy atom. The van der Waals surface area contributed by atoms with E-state index >= 15 is 0 Å². The third-order valence-corrected chi connectivity index (χ3v) is 10.6. The van der Waals surface area contributed by atoms with E-state index in [0.29, 0.717) is 36.3 Å². The number of carbonyl (C=O) groups excluding carboxylic acids is 1. The van der Waals surface area contributed by atoms with Gasteiger partial charge >= 0.3 is 5.97 Å². The van der Waals surface area contributed by atoms with Gasteiger partial charge in [-0.15, -0.1) is 0 Å². The van der Waals surface area contributed by atoms with Crippen LogP contribution in [0.2, 0.25) is 16.6 Å². The minimum absolute atomic E-state index is 0.245. The lowest BCUT2D eigenvalue weighted by Crippen LogP contribution is -2.49. The summed E-state index contributed by atoms with van der Waals surface area (Å²) in [6.45, 7) is 15.8. The monoisotopic (exact) mass is 332 g/mol. The molecule has 0 aliphatic heterocycles. The molecule has 1 atom stereocenters. The predicted octanol–water partition coefficient (Wildman–Crippen LogP) is 4.27. The van der Waals surface area contributed by atoms with Crippen LogP contribution in [0, 0.1) is 0 Å². The SMILES string of the molecule is CC(=O)OCCCC[C@H](O)CO[Si](C(C)C)(C(C)C)C(C)C. The van der Waals surface area contributed by atoms with Gasteiger partial charge in [0.2, 0.25) is 0 Å². The highest BCUT2D eigenvalue weighted by molar-refractivity contribution is 6.77. The second kappa shape index (κ2) is 10.4. The van der Waals surface area contributed by atoms with Crippen molar-refractivity contribution in [3.05, 3.63) is 0 Å². The molecule has 0 aromatic carbocycles. The average Bonchev–Trinajstić information content (AvgIpc) is 2.37. The van der Waals surface area contributed by atoms with E-state index in [1.807, 2.05) is 0 Å². The van der Waals surface area contributed by atoms with E-state index in [-0.39, 0.29) is 5.97 Å². The summed E-state index contributed by atoms with van der Waals surface area (Å²) in [7, 11) is -1.89. The largest absolute Gasteiger partial charge is 0.466 e. The number of aliphatic hydroxyl groups excluding tert-OH is 1. The van der Waals surface area contributed by atoms with Crippen molar-refractivity contribution in [2.45, 2.75) is 90.5 Å². The number of hydrogen-bond donors (Lipinski definition) is 1. The third-order valence-electron chi connectivity index (χ3n) is 4.47. The first-order valence-electron chi connectivity index (χ1n) is 8.59. The Balaban J connectivity index is 4.28. The van der Waals surface area contributed by atoms with Gasteiger partial charge in [-0.1, -0.05) is 41.5 Å². The van der Waals surface area contributed by atoms with E-state index < -0.39 is 14.4 Å². The van der Waals surface area contributed by atoms with Crippen LogP contribution in [-0.2, 0) is 14.0 Å². The Kier molecular flexibility index (Phi) is 10.2. The van der Waals surface area contributed by atoms with E-state index in [1.165, 1.54) is 6.92 Å². The van der Waals surface area contributed by atoms with Crippen molar-refractivity contribution in [1.29, 1.82) is 0 Å². The van der Waals surface area contributed by atoms with E-state index in [1.54, 1.807) is 0 Å². The molecule has 0 bridgehead atoms. The van der Waals surface area contributed by atoms with Gasteiger partial charge in [0.15, 0.2) is 8.32 Å². The number of carbonyl (C=O) groups is 1.